The van der Waals surface area contributed by atoms with Crippen molar-refractivity contribution in [1.82, 2.24) is 20.3 Å². The largest absolute Gasteiger partial charge is 0.354 e. The van der Waals surface area contributed by atoms with E-state index in [9.17, 15) is 0 Å². The smallest absolute Gasteiger partial charge is 0.138 e. The second-order valence-corrected chi connectivity index (χ2v) is 8.45. The number of aromatic amines is 2. The van der Waals surface area contributed by atoms with Gasteiger partial charge in [-0.15, -0.1) is 0 Å². The summed E-state index contributed by atoms with van der Waals surface area (Å²) in [5.41, 5.74) is 8.79. The highest BCUT2D eigenvalue weighted by atomic mass is 14.9. The van der Waals surface area contributed by atoms with E-state index in [1.165, 1.54) is 57.1 Å². The Morgan fingerprint density at radius 3 is 2.71 bits per heavy atom. The summed E-state index contributed by atoms with van der Waals surface area (Å²) >= 11 is 0. The second kappa shape index (κ2) is 6.78. The fourth-order valence-corrected chi connectivity index (χ4v) is 4.87. The van der Waals surface area contributed by atoms with Crippen molar-refractivity contribution in [2.24, 2.45) is 0 Å². The molecule has 4 heteroatoms. The highest BCUT2D eigenvalue weighted by molar-refractivity contribution is 6.00. The molecule has 0 radical (unpaired) electrons. The summed E-state index contributed by atoms with van der Waals surface area (Å²) in [6.45, 7) is 9.00. The maximum Gasteiger partial charge on any atom is 0.138 e. The third-order valence-electron chi connectivity index (χ3n) is 6.30. The molecule has 0 aliphatic carbocycles. The average molecular weight is 373 g/mol. The van der Waals surface area contributed by atoms with Crippen LogP contribution in [-0.2, 0) is 0 Å². The molecule has 1 aliphatic heterocycles. The van der Waals surface area contributed by atoms with Gasteiger partial charge in [0, 0.05) is 34.2 Å². The number of fused-ring (bicyclic) bond motifs is 2. The molecule has 1 saturated heterocycles. The van der Waals surface area contributed by atoms with Crippen LogP contribution in [0.1, 0.15) is 55.2 Å². The zero-order chi connectivity index (χ0) is 19.3. The minimum Gasteiger partial charge on any atom is -0.354 e. The highest BCUT2D eigenvalue weighted by Gasteiger charge is 2.21. The van der Waals surface area contributed by atoms with Crippen molar-refractivity contribution in [1.29, 1.82) is 0 Å². The number of benzene rings is 1. The van der Waals surface area contributed by atoms with Crippen LogP contribution in [0.5, 0.6) is 0 Å². The van der Waals surface area contributed by atoms with Gasteiger partial charge in [-0.3, -0.25) is 0 Å². The van der Waals surface area contributed by atoms with Crippen molar-refractivity contribution in [3.8, 4) is 11.3 Å². The maximum absolute atomic E-state index is 4.52. The minimum absolute atomic E-state index is 0.439. The summed E-state index contributed by atoms with van der Waals surface area (Å²) in [6, 6.07) is 9.14. The number of hydrogen-bond acceptors (Lipinski definition) is 2. The van der Waals surface area contributed by atoms with Gasteiger partial charge in [-0.1, -0.05) is 19.9 Å². The molecule has 28 heavy (non-hydrogen) atoms. The van der Waals surface area contributed by atoms with Gasteiger partial charge in [0.05, 0.1) is 5.69 Å². The van der Waals surface area contributed by atoms with Crippen molar-refractivity contribution < 1.29 is 0 Å². The van der Waals surface area contributed by atoms with E-state index in [-0.39, 0.29) is 0 Å². The SMILES string of the molecule is Cc1ccnc2[nH]cc(-c3[nH]c4ccc(C5CCNCC5)cc4c3C(C)C)c12. The first-order valence-electron chi connectivity index (χ1n) is 10.4. The van der Waals surface area contributed by atoms with Gasteiger partial charge in [-0.25, -0.2) is 4.98 Å². The molecule has 5 rings (SSSR count). The van der Waals surface area contributed by atoms with Gasteiger partial charge in [-0.2, -0.15) is 0 Å². The minimum atomic E-state index is 0.439. The number of piperidine rings is 1. The molecule has 0 unspecified atom stereocenters. The molecule has 3 N–H and O–H groups in total. The van der Waals surface area contributed by atoms with Crippen LogP contribution in [0.15, 0.2) is 36.7 Å². The van der Waals surface area contributed by atoms with Gasteiger partial charge in [-0.05, 0) is 79.6 Å². The van der Waals surface area contributed by atoms with Crippen LogP contribution in [-0.4, -0.2) is 28.0 Å². The van der Waals surface area contributed by atoms with E-state index in [1.54, 1.807) is 0 Å². The van der Waals surface area contributed by atoms with Crippen LogP contribution in [0.25, 0.3) is 33.2 Å². The van der Waals surface area contributed by atoms with Crippen LogP contribution in [0, 0.1) is 6.92 Å². The predicted octanol–water partition coefficient (Wildman–Crippen LogP) is 5.61. The molecule has 0 saturated carbocycles. The molecule has 0 bridgehead atoms. The first kappa shape index (κ1) is 17.5. The van der Waals surface area contributed by atoms with Gasteiger partial charge in [0.1, 0.15) is 5.65 Å². The lowest BCUT2D eigenvalue weighted by atomic mass is 9.88. The Kier molecular flexibility index (Phi) is 4.24. The fraction of sp³-hybridized carbons (Fsp3) is 0.375. The summed E-state index contributed by atoms with van der Waals surface area (Å²) in [5.74, 6) is 1.11. The first-order valence-corrected chi connectivity index (χ1v) is 10.4. The molecular formula is C24H28N4. The molecular weight excluding hydrogens is 344 g/mol. The summed E-state index contributed by atoms with van der Waals surface area (Å²) in [5, 5.41) is 6.07. The van der Waals surface area contributed by atoms with Crippen molar-refractivity contribution >= 4 is 21.9 Å². The number of nitrogens with zero attached hydrogens (tertiary/aromatic N) is 1. The third-order valence-corrected chi connectivity index (χ3v) is 6.30. The average Bonchev–Trinajstić information content (AvgIpc) is 3.30. The van der Waals surface area contributed by atoms with E-state index in [4.69, 9.17) is 0 Å². The van der Waals surface area contributed by atoms with E-state index in [0.717, 1.165) is 18.7 Å². The van der Waals surface area contributed by atoms with Crippen molar-refractivity contribution in [2.45, 2.75) is 45.4 Å². The van der Waals surface area contributed by atoms with Gasteiger partial charge in [0.2, 0.25) is 0 Å². The van der Waals surface area contributed by atoms with Crippen LogP contribution in [0.4, 0.5) is 0 Å². The maximum atomic E-state index is 4.52. The quantitative estimate of drug-likeness (QED) is 0.438. The number of H-pyrrole nitrogens is 2. The molecule has 3 aromatic heterocycles. The van der Waals surface area contributed by atoms with Crippen molar-refractivity contribution in [2.75, 3.05) is 13.1 Å². The van der Waals surface area contributed by atoms with Crippen LogP contribution < -0.4 is 5.32 Å². The molecule has 1 aromatic carbocycles. The summed E-state index contributed by atoms with van der Waals surface area (Å²) in [6.07, 6.45) is 6.44. The van der Waals surface area contributed by atoms with Gasteiger partial charge < -0.3 is 15.3 Å². The Morgan fingerprint density at radius 1 is 1.11 bits per heavy atom. The van der Waals surface area contributed by atoms with Crippen molar-refractivity contribution in [3.05, 3.63) is 53.3 Å². The Bertz CT molecular complexity index is 1140. The summed E-state index contributed by atoms with van der Waals surface area (Å²) in [7, 11) is 0. The number of aryl methyl sites for hydroxylation is 1. The van der Waals surface area contributed by atoms with Gasteiger partial charge in [0.15, 0.2) is 0 Å². The molecule has 4 aromatic rings. The van der Waals surface area contributed by atoms with Crippen LogP contribution in [0.2, 0.25) is 0 Å². The zero-order valence-corrected chi connectivity index (χ0v) is 16.9. The number of rotatable bonds is 3. The Morgan fingerprint density at radius 2 is 1.93 bits per heavy atom. The Labute approximate surface area is 165 Å². The van der Waals surface area contributed by atoms with Crippen LogP contribution >= 0.6 is 0 Å². The third kappa shape index (κ3) is 2.75. The topological polar surface area (TPSA) is 56.5 Å². The van der Waals surface area contributed by atoms with E-state index in [1.807, 2.05) is 6.20 Å². The second-order valence-electron chi connectivity index (χ2n) is 8.45. The number of pyridine rings is 1. The van der Waals surface area contributed by atoms with Gasteiger partial charge >= 0.3 is 0 Å². The summed E-state index contributed by atoms with van der Waals surface area (Å²) in [4.78, 5) is 11.6. The number of aromatic nitrogens is 3. The van der Waals surface area contributed by atoms with Crippen LogP contribution in [0.3, 0.4) is 0 Å². The molecule has 4 nitrogen and oxygen atoms in total. The molecule has 144 valence electrons. The number of nitrogens with one attached hydrogen (secondary N) is 3. The summed E-state index contributed by atoms with van der Waals surface area (Å²) < 4.78 is 0. The molecule has 1 fully saturated rings. The highest BCUT2D eigenvalue weighted by Crippen LogP contribution is 2.40. The fourth-order valence-electron chi connectivity index (χ4n) is 4.87. The normalized spacial score (nSPS) is 15.9. The Hall–Kier alpha value is -2.59. The molecule has 1 aliphatic rings. The lowest BCUT2D eigenvalue weighted by molar-refractivity contribution is 0.460. The van der Waals surface area contributed by atoms with Crippen molar-refractivity contribution in [3.63, 3.8) is 0 Å². The van der Waals surface area contributed by atoms with E-state index in [0.29, 0.717) is 11.8 Å². The van der Waals surface area contributed by atoms with Gasteiger partial charge in [0.25, 0.3) is 0 Å². The number of hydrogen-bond donors (Lipinski definition) is 3. The lowest BCUT2D eigenvalue weighted by Gasteiger charge is -2.23. The van der Waals surface area contributed by atoms with E-state index < -0.39 is 0 Å². The molecule has 0 atom stereocenters. The molecule has 0 amide bonds. The first-order chi connectivity index (χ1) is 13.6. The monoisotopic (exact) mass is 372 g/mol. The lowest BCUT2D eigenvalue weighted by Crippen LogP contribution is -2.26. The van der Waals surface area contributed by atoms with E-state index in [2.05, 4.69) is 71.5 Å². The standard InChI is InChI=1S/C24H28N4/c1-14(2)21-18-12-17(16-7-9-25-10-8-16)4-5-20(18)28-23(21)19-13-27-24-22(19)15(3)6-11-26-24/h4-6,11-14,16,25,28H,7-10H2,1-3H3,(H,26,27). The zero-order valence-electron chi connectivity index (χ0n) is 16.9. The van der Waals surface area contributed by atoms with E-state index >= 15 is 0 Å². The molecule has 4 heterocycles. The Balaban J connectivity index is 1.71. The predicted molar refractivity (Wildman–Crippen MR) is 117 cm³/mol. The molecule has 0 spiro atoms.